The lowest BCUT2D eigenvalue weighted by molar-refractivity contribution is -0.138. The molecule has 0 spiro atoms. The van der Waals surface area contributed by atoms with E-state index in [9.17, 15) is 27.6 Å². The van der Waals surface area contributed by atoms with Crippen LogP contribution in [-0.2, 0) is 18.0 Å². The van der Waals surface area contributed by atoms with Gasteiger partial charge in [-0.25, -0.2) is 9.48 Å². The molecule has 224 valence electrons. The van der Waals surface area contributed by atoms with Crippen LogP contribution in [0, 0.1) is 6.92 Å². The molecule has 3 aromatic rings. The van der Waals surface area contributed by atoms with Crippen LogP contribution in [0.4, 0.5) is 23.8 Å². The maximum absolute atomic E-state index is 14.0. The van der Waals surface area contributed by atoms with Crippen LogP contribution in [0.5, 0.6) is 0 Å². The Kier molecular flexibility index (Phi) is 7.23. The van der Waals surface area contributed by atoms with Crippen molar-refractivity contribution in [3.63, 3.8) is 0 Å². The number of aromatic nitrogens is 3. The van der Waals surface area contributed by atoms with Gasteiger partial charge < -0.3 is 14.6 Å². The molecule has 12 heteroatoms. The first-order valence-corrected chi connectivity index (χ1v) is 13.8. The Hall–Kier alpha value is -4.09. The van der Waals surface area contributed by atoms with Crippen LogP contribution in [0.1, 0.15) is 80.9 Å². The highest BCUT2D eigenvalue weighted by atomic mass is 19.4. The number of rotatable bonds is 5. The zero-order valence-electron chi connectivity index (χ0n) is 24.4. The Morgan fingerprint density at radius 1 is 1.14 bits per heavy atom. The molecule has 1 aliphatic carbocycles. The number of hydrogen-bond donors (Lipinski definition) is 1. The summed E-state index contributed by atoms with van der Waals surface area (Å²) in [7, 11) is 1.44. The molecule has 1 amide bonds. The minimum Gasteiger partial charge on any atom is -0.444 e. The number of benzene rings is 1. The van der Waals surface area contributed by atoms with Crippen molar-refractivity contribution < 1.29 is 22.7 Å². The molecule has 1 N–H and O–H groups in total. The quantitative estimate of drug-likeness (QED) is 0.382. The Morgan fingerprint density at radius 3 is 2.45 bits per heavy atom. The molecular weight excluding hydrogens is 551 g/mol. The van der Waals surface area contributed by atoms with Crippen molar-refractivity contribution in [1.29, 1.82) is 0 Å². The molecule has 0 bridgehead atoms. The van der Waals surface area contributed by atoms with E-state index in [0.717, 1.165) is 23.6 Å². The fourth-order valence-electron chi connectivity index (χ4n) is 5.47. The number of nitrogens with one attached hydrogen (secondary N) is 1. The predicted molar refractivity (Wildman–Crippen MR) is 153 cm³/mol. The van der Waals surface area contributed by atoms with Crippen molar-refractivity contribution in [1.82, 2.24) is 19.2 Å². The van der Waals surface area contributed by atoms with E-state index in [1.165, 1.54) is 24.9 Å². The maximum atomic E-state index is 14.0. The van der Waals surface area contributed by atoms with Gasteiger partial charge in [0.25, 0.3) is 11.1 Å². The lowest BCUT2D eigenvalue weighted by atomic mass is 9.97. The molecule has 1 saturated carbocycles. The van der Waals surface area contributed by atoms with Gasteiger partial charge in [-0.15, -0.1) is 0 Å². The number of pyridine rings is 1. The first kappa shape index (κ1) is 29.4. The van der Waals surface area contributed by atoms with E-state index in [4.69, 9.17) is 4.74 Å². The lowest BCUT2D eigenvalue weighted by Crippen LogP contribution is -2.40. The van der Waals surface area contributed by atoms with Gasteiger partial charge in [0.2, 0.25) is 0 Å². The molecule has 42 heavy (non-hydrogen) atoms. The van der Waals surface area contributed by atoms with Gasteiger partial charge in [-0.2, -0.15) is 18.3 Å². The normalized spacial score (nSPS) is 18.0. The first-order chi connectivity index (χ1) is 19.6. The summed E-state index contributed by atoms with van der Waals surface area (Å²) in [6.45, 7) is 8.56. The average molecular weight is 586 g/mol. The zero-order valence-corrected chi connectivity index (χ0v) is 24.4. The van der Waals surface area contributed by atoms with Crippen molar-refractivity contribution in [3.8, 4) is 0 Å². The molecular formula is C30H34F3N5O4. The van der Waals surface area contributed by atoms with Crippen molar-refractivity contribution in [2.75, 3.05) is 11.9 Å². The number of carbonyl (C=O) groups is 1. The average Bonchev–Trinajstić information content (AvgIpc) is 3.60. The second-order valence-electron chi connectivity index (χ2n) is 11.9. The zero-order chi connectivity index (χ0) is 30.7. The number of ether oxygens (including phenoxy) is 1. The van der Waals surface area contributed by atoms with Crippen LogP contribution < -0.4 is 16.4 Å². The molecule has 9 nitrogen and oxygen atoms in total. The minimum absolute atomic E-state index is 0.0685. The van der Waals surface area contributed by atoms with Crippen LogP contribution in [-0.4, -0.2) is 37.5 Å². The number of amides is 1. The van der Waals surface area contributed by atoms with Gasteiger partial charge in [-0.3, -0.25) is 14.5 Å². The number of halogens is 3. The highest BCUT2D eigenvalue weighted by molar-refractivity contribution is 5.93. The molecule has 0 radical (unpaired) electrons. The van der Waals surface area contributed by atoms with Crippen LogP contribution in [0.15, 0.2) is 46.1 Å². The predicted octanol–water partition coefficient (Wildman–Crippen LogP) is 5.78. The fraction of sp³-hybridized carbons (Fsp3) is 0.467. The Bertz CT molecular complexity index is 1710. The summed E-state index contributed by atoms with van der Waals surface area (Å²) in [6, 6.07) is 2.45. The van der Waals surface area contributed by atoms with E-state index in [2.05, 4.69) is 10.4 Å². The van der Waals surface area contributed by atoms with Crippen molar-refractivity contribution >= 4 is 22.7 Å². The minimum atomic E-state index is -4.51. The van der Waals surface area contributed by atoms with E-state index in [0.29, 0.717) is 10.9 Å². The summed E-state index contributed by atoms with van der Waals surface area (Å²) in [4.78, 5) is 42.1. The van der Waals surface area contributed by atoms with Gasteiger partial charge in [0.15, 0.2) is 5.82 Å². The molecule has 1 aliphatic heterocycles. The number of alkyl halides is 3. The van der Waals surface area contributed by atoms with Gasteiger partial charge in [0, 0.05) is 31.2 Å². The molecule has 1 fully saturated rings. The Morgan fingerprint density at radius 2 is 1.83 bits per heavy atom. The van der Waals surface area contributed by atoms with E-state index < -0.39 is 41.1 Å². The number of anilines is 1. The standard InChI is InChI=1S/C30H34F3N5O4/c1-16-19(9-7-10-21(16)30(31,32)33)17(2)34-25-20-15-38(18-12-13-18)27(40)24(23(20)26(39)36(6)35-25)22-11-8-14-37(22)28(41)42-29(3,4)5/h7-11,15,17-18,22H,12-14H2,1-6H3,(H,34,35)/t17-,22?/m1/s1. The van der Waals surface area contributed by atoms with Gasteiger partial charge >= 0.3 is 12.3 Å². The topological polar surface area (TPSA) is 98.5 Å². The summed E-state index contributed by atoms with van der Waals surface area (Å²) in [5.74, 6) is 0.234. The maximum Gasteiger partial charge on any atom is 0.416 e. The van der Waals surface area contributed by atoms with E-state index in [1.807, 2.05) is 0 Å². The second-order valence-corrected chi connectivity index (χ2v) is 11.9. The van der Waals surface area contributed by atoms with E-state index in [-0.39, 0.29) is 40.5 Å². The second kappa shape index (κ2) is 10.3. The molecule has 3 heterocycles. The third-order valence-corrected chi connectivity index (χ3v) is 7.61. The number of nitrogens with zero attached hydrogens (tertiary/aromatic N) is 4. The number of aryl methyl sites for hydroxylation is 1. The van der Waals surface area contributed by atoms with Gasteiger partial charge in [0.1, 0.15) is 5.60 Å². The van der Waals surface area contributed by atoms with E-state index >= 15 is 0 Å². The smallest absolute Gasteiger partial charge is 0.416 e. The van der Waals surface area contributed by atoms with Crippen LogP contribution in [0.25, 0.3) is 10.8 Å². The third-order valence-electron chi connectivity index (χ3n) is 7.61. The summed E-state index contributed by atoms with van der Waals surface area (Å²) in [6.07, 6.45) is 1.48. The lowest BCUT2D eigenvalue weighted by Gasteiger charge is -2.29. The van der Waals surface area contributed by atoms with Crippen LogP contribution >= 0.6 is 0 Å². The van der Waals surface area contributed by atoms with Crippen molar-refractivity contribution in [3.05, 3.63) is 79.5 Å². The van der Waals surface area contributed by atoms with Gasteiger partial charge in [0.05, 0.1) is 28.6 Å². The highest BCUT2D eigenvalue weighted by Gasteiger charge is 2.37. The molecule has 2 atom stereocenters. The van der Waals surface area contributed by atoms with Gasteiger partial charge in [-0.1, -0.05) is 24.3 Å². The van der Waals surface area contributed by atoms with Gasteiger partial charge in [-0.05, 0) is 64.7 Å². The third kappa shape index (κ3) is 5.41. The largest absolute Gasteiger partial charge is 0.444 e. The fourth-order valence-corrected chi connectivity index (χ4v) is 5.47. The monoisotopic (exact) mass is 585 g/mol. The molecule has 1 unspecified atom stereocenters. The Labute approximate surface area is 240 Å². The number of carbonyl (C=O) groups excluding carboxylic acids is 1. The SMILES string of the molecule is Cc1c([C@@H](C)Nc2nn(C)c(=O)c3c(C4C=CCN4C(=O)OC(C)(C)C)c(=O)n(C4CC4)cc23)cccc1C(F)(F)F. The highest BCUT2D eigenvalue weighted by Crippen LogP contribution is 2.39. The van der Waals surface area contributed by atoms with E-state index in [1.54, 1.807) is 56.7 Å². The molecule has 1 aromatic carbocycles. The van der Waals surface area contributed by atoms with Crippen LogP contribution in [0.3, 0.4) is 0 Å². The first-order valence-electron chi connectivity index (χ1n) is 13.8. The summed E-state index contributed by atoms with van der Waals surface area (Å²) in [5, 5.41) is 8.06. The summed E-state index contributed by atoms with van der Waals surface area (Å²) >= 11 is 0. The summed E-state index contributed by atoms with van der Waals surface area (Å²) < 4.78 is 49.1. The molecule has 5 rings (SSSR count). The molecule has 2 aromatic heterocycles. The van der Waals surface area contributed by atoms with Crippen molar-refractivity contribution in [2.24, 2.45) is 7.05 Å². The van der Waals surface area contributed by atoms with Crippen LogP contribution in [0.2, 0.25) is 0 Å². The van der Waals surface area contributed by atoms with Crippen molar-refractivity contribution in [2.45, 2.75) is 77.4 Å². The molecule has 2 aliphatic rings. The number of hydrogen-bond acceptors (Lipinski definition) is 6. The number of fused-ring (bicyclic) bond motifs is 1. The Balaban J connectivity index is 1.67. The summed E-state index contributed by atoms with van der Waals surface area (Å²) in [5.41, 5.74) is -1.78. The molecule has 0 saturated heterocycles.